The predicted octanol–water partition coefficient (Wildman–Crippen LogP) is 3.42. The molecule has 0 unspecified atom stereocenters. The van der Waals surface area contributed by atoms with Crippen molar-refractivity contribution in [1.29, 1.82) is 0 Å². The normalized spacial score (nSPS) is 13.5. The van der Waals surface area contributed by atoms with Crippen LogP contribution in [0.1, 0.15) is 42.5 Å². The zero-order chi connectivity index (χ0) is 22.3. The minimum Gasteiger partial charge on any atom is -0.494 e. The molecule has 164 valence electrons. The topological polar surface area (TPSA) is 114 Å². The van der Waals surface area contributed by atoms with Crippen molar-refractivity contribution in [2.45, 2.75) is 39.2 Å². The molecule has 0 radical (unpaired) electrons. The number of hydrogen-bond acceptors (Lipinski definition) is 7. The van der Waals surface area contributed by atoms with Crippen molar-refractivity contribution in [1.82, 2.24) is 19.7 Å². The lowest BCUT2D eigenvalue weighted by Gasteiger charge is -2.11. The Bertz CT molecular complexity index is 1100. The fourth-order valence-corrected chi connectivity index (χ4v) is 3.70. The van der Waals surface area contributed by atoms with E-state index < -0.39 is 11.6 Å². The summed E-state index contributed by atoms with van der Waals surface area (Å²) >= 11 is 0. The van der Waals surface area contributed by atoms with E-state index in [0.717, 1.165) is 24.1 Å². The Hall–Kier alpha value is -3.43. The molecule has 3 aromatic rings. The predicted molar refractivity (Wildman–Crippen MR) is 112 cm³/mol. The zero-order valence-corrected chi connectivity index (χ0v) is 17.6. The second kappa shape index (κ2) is 8.01. The van der Waals surface area contributed by atoms with E-state index in [2.05, 4.69) is 15.1 Å². The molecule has 31 heavy (non-hydrogen) atoms. The lowest BCUT2D eigenvalue weighted by Crippen LogP contribution is -2.10. The Morgan fingerprint density at radius 1 is 1.13 bits per heavy atom. The molecule has 4 rings (SSSR count). The van der Waals surface area contributed by atoms with Gasteiger partial charge in [-0.15, -0.1) is 0 Å². The molecule has 0 saturated heterocycles. The summed E-state index contributed by atoms with van der Waals surface area (Å²) in [4.78, 5) is 8.53. The van der Waals surface area contributed by atoms with Crippen molar-refractivity contribution in [3.63, 3.8) is 0 Å². The lowest BCUT2D eigenvalue weighted by molar-refractivity contribution is 0.335. The molecular formula is C21H24F2N6O2. The molecule has 10 heteroatoms. The Morgan fingerprint density at radius 3 is 2.26 bits per heavy atom. The first-order valence-electron chi connectivity index (χ1n) is 9.99. The minimum atomic E-state index is -0.686. The fourth-order valence-electron chi connectivity index (χ4n) is 3.70. The zero-order valence-electron chi connectivity index (χ0n) is 17.6. The number of nitrogens with zero attached hydrogens (tertiary/aromatic N) is 4. The third-order valence-electron chi connectivity index (χ3n) is 5.27. The van der Waals surface area contributed by atoms with Gasteiger partial charge in [-0.05, 0) is 26.7 Å². The number of hydrogen-bond donors (Lipinski definition) is 2. The van der Waals surface area contributed by atoms with Crippen LogP contribution in [0, 0.1) is 18.6 Å². The van der Waals surface area contributed by atoms with Crippen molar-refractivity contribution in [3.8, 4) is 23.0 Å². The first-order chi connectivity index (χ1) is 14.8. The maximum absolute atomic E-state index is 14.7. The number of rotatable bonds is 7. The molecule has 2 aromatic heterocycles. The highest BCUT2D eigenvalue weighted by atomic mass is 19.1. The van der Waals surface area contributed by atoms with E-state index in [1.165, 1.54) is 19.2 Å². The average molecular weight is 430 g/mol. The van der Waals surface area contributed by atoms with E-state index in [4.69, 9.17) is 20.9 Å². The Kier molecular flexibility index (Phi) is 5.38. The van der Waals surface area contributed by atoms with Crippen LogP contribution in [0.2, 0.25) is 0 Å². The molecule has 1 aliphatic carbocycles. The minimum absolute atomic E-state index is 0.0716. The molecule has 2 heterocycles. The third-order valence-corrected chi connectivity index (χ3v) is 5.27. The van der Waals surface area contributed by atoms with Crippen LogP contribution in [0.3, 0.4) is 0 Å². The van der Waals surface area contributed by atoms with Gasteiger partial charge in [0.25, 0.3) is 0 Å². The molecule has 4 N–H and O–H groups in total. The van der Waals surface area contributed by atoms with Crippen LogP contribution in [0.4, 0.5) is 20.4 Å². The first-order valence-corrected chi connectivity index (χ1v) is 9.99. The van der Waals surface area contributed by atoms with Gasteiger partial charge in [0.2, 0.25) is 5.75 Å². The van der Waals surface area contributed by atoms with Crippen molar-refractivity contribution in [2.75, 3.05) is 25.2 Å². The summed E-state index contributed by atoms with van der Waals surface area (Å²) in [5, 5.41) is 4.59. The van der Waals surface area contributed by atoms with Gasteiger partial charge in [-0.1, -0.05) is 0 Å². The molecule has 1 aliphatic rings. The number of halogens is 2. The smallest absolute Gasteiger partial charge is 0.203 e. The van der Waals surface area contributed by atoms with Crippen molar-refractivity contribution < 1.29 is 18.3 Å². The van der Waals surface area contributed by atoms with Gasteiger partial charge in [0.15, 0.2) is 17.5 Å². The molecular weight excluding hydrogens is 406 g/mol. The standard InChI is InChI=1S/C21H24F2N6O2/c1-4-31-12-7-14(22)13(15(23)8-12)9-29-17(11-5-6-11)10(2)16(28-29)21-26-19(24)18(30-3)20(25)27-21/h7-8,11H,4-6,9H2,1-3H3,(H4,24,25,26,27). The van der Waals surface area contributed by atoms with Crippen molar-refractivity contribution >= 4 is 11.6 Å². The maximum atomic E-state index is 14.7. The number of methoxy groups -OCH3 is 1. The highest BCUT2D eigenvalue weighted by Crippen LogP contribution is 2.44. The van der Waals surface area contributed by atoms with E-state index in [9.17, 15) is 8.78 Å². The molecule has 1 aromatic carbocycles. The van der Waals surface area contributed by atoms with Gasteiger partial charge in [0.05, 0.1) is 20.3 Å². The molecule has 1 saturated carbocycles. The Balaban J connectivity index is 1.77. The Labute approximate surface area is 178 Å². The summed E-state index contributed by atoms with van der Waals surface area (Å²) in [5.74, 6) is -0.334. The maximum Gasteiger partial charge on any atom is 0.203 e. The summed E-state index contributed by atoms with van der Waals surface area (Å²) in [6.07, 6.45) is 1.96. The molecule has 0 amide bonds. The van der Waals surface area contributed by atoms with Crippen molar-refractivity contribution in [3.05, 3.63) is 40.6 Å². The van der Waals surface area contributed by atoms with Gasteiger partial charge in [0.1, 0.15) is 23.1 Å². The van der Waals surface area contributed by atoms with Gasteiger partial charge >= 0.3 is 0 Å². The Morgan fingerprint density at radius 2 is 1.74 bits per heavy atom. The molecule has 0 atom stereocenters. The summed E-state index contributed by atoms with van der Waals surface area (Å²) in [6, 6.07) is 2.37. The van der Waals surface area contributed by atoms with Gasteiger partial charge in [-0.3, -0.25) is 4.68 Å². The number of nitrogens with two attached hydrogens (primary N) is 2. The summed E-state index contributed by atoms with van der Waals surface area (Å²) in [6.45, 7) is 3.88. The lowest BCUT2D eigenvalue weighted by atomic mass is 10.1. The SMILES string of the molecule is CCOc1cc(F)c(Cn2nc(-c3nc(N)c(OC)c(N)n3)c(C)c2C2CC2)c(F)c1. The second-order valence-electron chi connectivity index (χ2n) is 7.44. The summed E-state index contributed by atoms with van der Waals surface area (Å²) < 4.78 is 41.3. The van der Waals surface area contributed by atoms with E-state index in [0.29, 0.717) is 12.3 Å². The van der Waals surface area contributed by atoms with E-state index >= 15 is 0 Å². The number of nitrogen functional groups attached to an aromatic ring is 2. The highest BCUT2D eigenvalue weighted by Gasteiger charge is 2.32. The molecule has 0 spiro atoms. The molecule has 1 fully saturated rings. The monoisotopic (exact) mass is 430 g/mol. The molecule has 0 bridgehead atoms. The van der Waals surface area contributed by atoms with Crippen LogP contribution < -0.4 is 20.9 Å². The number of aromatic nitrogens is 4. The number of ether oxygens (including phenoxy) is 2. The summed E-state index contributed by atoms with van der Waals surface area (Å²) in [5.41, 5.74) is 14.0. The molecule has 8 nitrogen and oxygen atoms in total. The third kappa shape index (κ3) is 3.85. The van der Waals surface area contributed by atoms with Gasteiger partial charge in [0, 0.05) is 34.9 Å². The van der Waals surface area contributed by atoms with E-state index in [1.54, 1.807) is 11.6 Å². The van der Waals surface area contributed by atoms with Crippen molar-refractivity contribution in [2.24, 2.45) is 0 Å². The van der Waals surface area contributed by atoms with E-state index in [-0.39, 0.29) is 47.0 Å². The van der Waals surface area contributed by atoms with Gasteiger partial charge in [-0.25, -0.2) is 18.7 Å². The van der Waals surface area contributed by atoms with Crippen LogP contribution in [0.25, 0.3) is 11.5 Å². The van der Waals surface area contributed by atoms with Crippen LogP contribution in [-0.2, 0) is 6.54 Å². The molecule has 0 aliphatic heterocycles. The average Bonchev–Trinajstić information content (AvgIpc) is 3.48. The highest BCUT2D eigenvalue weighted by molar-refractivity contribution is 5.67. The quantitative estimate of drug-likeness (QED) is 0.590. The number of benzene rings is 1. The van der Waals surface area contributed by atoms with E-state index in [1.807, 2.05) is 6.92 Å². The number of anilines is 2. The van der Waals surface area contributed by atoms with Crippen LogP contribution in [-0.4, -0.2) is 33.5 Å². The van der Waals surface area contributed by atoms with Crippen LogP contribution >= 0.6 is 0 Å². The largest absolute Gasteiger partial charge is 0.494 e. The van der Waals surface area contributed by atoms with Crippen LogP contribution in [0.5, 0.6) is 11.5 Å². The second-order valence-corrected chi connectivity index (χ2v) is 7.44. The first kappa shape index (κ1) is 20.8. The van der Waals surface area contributed by atoms with Crippen LogP contribution in [0.15, 0.2) is 12.1 Å². The van der Waals surface area contributed by atoms with Gasteiger partial charge < -0.3 is 20.9 Å². The summed E-state index contributed by atoms with van der Waals surface area (Å²) in [7, 11) is 1.43. The fraction of sp³-hybridized carbons (Fsp3) is 0.381. The van der Waals surface area contributed by atoms with Gasteiger partial charge in [-0.2, -0.15) is 5.10 Å².